The van der Waals surface area contributed by atoms with Crippen molar-refractivity contribution < 1.29 is 0 Å². The number of hydrogen-bond acceptors (Lipinski definition) is 3. The van der Waals surface area contributed by atoms with Crippen molar-refractivity contribution in [3.8, 4) is 33.6 Å². The fourth-order valence-electron chi connectivity index (χ4n) is 10.0. The van der Waals surface area contributed by atoms with Crippen molar-refractivity contribution in [1.29, 1.82) is 0 Å². The number of hydrogen-bond donors (Lipinski definition) is 1. The largest absolute Gasteiger partial charge is 0.344 e. The van der Waals surface area contributed by atoms with E-state index >= 15 is 0 Å². The molecule has 1 unspecified atom stereocenters. The minimum Gasteiger partial charge on any atom is -0.344 e. The normalized spacial score (nSPS) is 13.9. The fraction of sp³-hybridized carbons (Fsp3) is 0.0164. The molecule has 12 aromatic rings. The Morgan fingerprint density at radius 2 is 0.894 bits per heavy atom. The van der Waals surface area contributed by atoms with Gasteiger partial charge in [-0.1, -0.05) is 182 Å². The summed E-state index contributed by atoms with van der Waals surface area (Å²) in [5, 5.41) is 11.1. The summed E-state index contributed by atoms with van der Waals surface area (Å²) in [4.78, 5) is 10.4. The van der Waals surface area contributed by atoms with Gasteiger partial charge in [-0.15, -0.1) is 0 Å². The van der Waals surface area contributed by atoms with Gasteiger partial charge in [0.2, 0.25) is 0 Å². The van der Waals surface area contributed by atoms with Crippen molar-refractivity contribution in [3.63, 3.8) is 0 Å². The third-order valence-electron chi connectivity index (χ3n) is 13.2. The predicted molar refractivity (Wildman–Crippen MR) is 275 cm³/mol. The SMILES string of the molecule is c1ccc(C2=NC(c3ccc(-c4ccccc4)cc3)=NC(c3cccc(-n4c5ccc(-c6ccccc6)cc5c5cc(-n6c7ccccc7c7c8ccccc8ccc76)ccc54)c3)N2)cc1. The Balaban J connectivity index is 0.970. The Morgan fingerprint density at radius 3 is 1.67 bits per heavy atom. The van der Waals surface area contributed by atoms with Crippen LogP contribution >= 0.6 is 0 Å². The van der Waals surface area contributed by atoms with Crippen LogP contribution in [0.2, 0.25) is 0 Å². The zero-order valence-corrected chi connectivity index (χ0v) is 35.9. The zero-order chi connectivity index (χ0) is 43.6. The van der Waals surface area contributed by atoms with Crippen LogP contribution < -0.4 is 5.32 Å². The molecule has 0 saturated carbocycles. The highest BCUT2D eigenvalue weighted by Gasteiger charge is 2.23. The van der Waals surface area contributed by atoms with E-state index in [2.05, 4.69) is 239 Å². The van der Waals surface area contributed by atoms with Crippen molar-refractivity contribution in [2.45, 2.75) is 6.17 Å². The Bertz CT molecular complexity index is 3880. The standard InChI is InChI=1S/C61H41N5/c1-4-15-40(16-5-1)42-27-29-45(30-28-42)60-62-59(44-20-8-3-9-21-44)63-61(64-60)47-22-14-23-48(37-47)65-55-34-32-46(41-17-6-2-7-18-41)38-52(55)53-39-49(33-36-56(53)65)66-54-26-13-12-25-51(54)58-50-24-11-10-19-43(50)31-35-57(58)66/h1-39,61H,(H,62,63,64). The van der Waals surface area contributed by atoms with Crippen LogP contribution in [0.25, 0.3) is 88.0 Å². The number of para-hydroxylation sites is 1. The average molecular weight is 844 g/mol. The maximum atomic E-state index is 5.31. The highest BCUT2D eigenvalue weighted by atomic mass is 15.2. The molecule has 1 aliphatic heterocycles. The summed E-state index contributed by atoms with van der Waals surface area (Å²) >= 11 is 0. The van der Waals surface area contributed by atoms with Gasteiger partial charge in [-0.05, 0) is 93.2 Å². The molecule has 2 aromatic heterocycles. The van der Waals surface area contributed by atoms with Gasteiger partial charge in [-0.25, -0.2) is 9.98 Å². The molecule has 0 saturated heterocycles. The summed E-state index contributed by atoms with van der Waals surface area (Å²) in [6.45, 7) is 0. The molecule has 66 heavy (non-hydrogen) atoms. The first-order chi connectivity index (χ1) is 32.7. The smallest absolute Gasteiger partial charge is 0.159 e. The Labute approximate surface area is 381 Å². The molecular formula is C61H41N5. The van der Waals surface area contributed by atoms with E-state index in [-0.39, 0.29) is 6.17 Å². The van der Waals surface area contributed by atoms with E-state index < -0.39 is 0 Å². The van der Waals surface area contributed by atoms with Crippen molar-refractivity contribution in [2.24, 2.45) is 9.98 Å². The van der Waals surface area contributed by atoms with Gasteiger partial charge in [0.15, 0.2) is 5.84 Å². The van der Waals surface area contributed by atoms with Crippen LogP contribution in [0.5, 0.6) is 0 Å². The van der Waals surface area contributed by atoms with Crippen LogP contribution in [0, 0.1) is 0 Å². The van der Waals surface area contributed by atoms with E-state index in [0.29, 0.717) is 5.84 Å². The summed E-state index contributed by atoms with van der Waals surface area (Å²) in [7, 11) is 0. The molecule has 1 atom stereocenters. The molecule has 1 aliphatic rings. The van der Waals surface area contributed by atoms with E-state index in [1.54, 1.807) is 0 Å². The third-order valence-corrected chi connectivity index (χ3v) is 13.2. The molecule has 3 heterocycles. The Kier molecular flexibility index (Phi) is 8.84. The molecule has 1 N–H and O–H groups in total. The lowest BCUT2D eigenvalue weighted by Crippen LogP contribution is -2.33. The number of nitrogens with one attached hydrogen (secondary N) is 1. The maximum absolute atomic E-state index is 5.31. The first-order valence-corrected chi connectivity index (χ1v) is 22.5. The van der Waals surface area contributed by atoms with Crippen molar-refractivity contribution >= 4 is 66.1 Å². The van der Waals surface area contributed by atoms with Gasteiger partial charge in [-0.3, -0.25) is 0 Å². The maximum Gasteiger partial charge on any atom is 0.159 e. The fourth-order valence-corrected chi connectivity index (χ4v) is 10.0. The van der Waals surface area contributed by atoms with Gasteiger partial charge < -0.3 is 14.5 Å². The van der Waals surface area contributed by atoms with Gasteiger partial charge in [0, 0.05) is 44.0 Å². The van der Waals surface area contributed by atoms with Crippen LogP contribution in [-0.2, 0) is 0 Å². The zero-order valence-electron chi connectivity index (χ0n) is 35.9. The molecule has 0 bridgehead atoms. The van der Waals surface area contributed by atoms with E-state index in [0.717, 1.165) is 50.5 Å². The van der Waals surface area contributed by atoms with Crippen molar-refractivity contribution in [2.75, 3.05) is 0 Å². The molecule has 5 heteroatoms. The Morgan fingerprint density at radius 1 is 0.348 bits per heavy atom. The second kappa shape index (κ2) is 15.5. The van der Waals surface area contributed by atoms with Crippen LogP contribution in [0.3, 0.4) is 0 Å². The summed E-state index contributed by atoms with van der Waals surface area (Å²) < 4.78 is 4.85. The lowest BCUT2D eigenvalue weighted by molar-refractivity contribution is 0.674. The lowest BCUT2D eigenvalue weighted by atomic mass is 10.0. The molecule has 0 amide bonds. The van der Waals surface area contributed by atoms with Gasteiger partial charge in [0.1, 0.15) is 12.0 Å². The Hall–Kier alpha value is -8.80. The van der Waals surface area contributed by atoms with Crippen LogP contribution in [0.1, 0.15) is 22.9 Å². The number of rotatable bonds is 7. The minimum atomic E-state index is -0.378. The highest BCUT2D eigenvalue weighted by molar-refractivity contribution is 6.21. The van der Waals surface area contributed by atoms with Crippen molar-refractivity contribution in [1.82, 2.24) is 14.5 Å². The summed E-state index contributed by atoms with van der Waals surface area (Å²) in [6.07, 6.45) is -0.378. The lowest BCUT2D eigenvalue weighted by Gasteiger charge is -2.24. The minimum absolute atomic E-state index is 0.378. The van der Waals surface area contributed by atoms with E-state index in [1.807, 2.05) is 12.1 Å². The topological polar surface area (TPSA) is 46.6 Å². The molecule has 0 fully saturated rings. The molecule has 310 valence electrons. The highest BCUT2D eigenvalue weighted by Crippen LogP contribution is 2.40. The average Bonchev–Trinajstić information content (AvgIpc) is 3.92. The quantitative estimate of drug-likeness (QED) is 0.171. The summed E-state index contributed by atoms with van der Waals surface area (Å²) in [5.41, 5.74) is 14.6. The third kappa shape index (κ3) is 6.32. The first kappa shape index (κ1) is 37.7. The van der Waals surface area contributed by atoms with E-state index in [4.69, 9.17) is 9.98 Å². The van der Waals surface area contributed by atoms with E-state index in [1.165, 1.54) is 60.0 Å². The number of fused-ring (bicyclic) bond motifs is 8. The number of aliphatic imine (C=N–C) groups is 2. The van der Waals surface area contributed by atoms with Gasteiger partial charge in [-0.2, -0.15) is 0 Å². The number of aromatic nitrogens is 2. The van der Waals surface area contributed by atoms with Crippen LogP contribution in [-0.4, -0.2) is 20.8 Å². The molecular weight excluding hydrogens is 803 g/mol. The molecule has 5 nitrogen and oxygen atoms in total. The predicted octanol–water partition coefficient (Wildman–Crippen LogP) is 14.9. The second-order valence-corrected chi connectivity index (χ2v) is 17.0. The molecule has 13 rings (SSSR count). The molecule has 0 spiro atoms. The summed E-state index contributed by atoms with van der Waals surface area (Å²) in [6, 6.07) is 84.8. The van der Waals surface area contributed by atoms with Gasteiger partial charge in [0.25, 0.3) is 0 Å². The molecule has 10 aromatic carbocycles. The number of nitrogens with zero attached hydrogens (tertiary/aromatic N) is 4. The van der Waals surface area contributed by atoms with E-state index in [9.17, 15) is 0 Å². The molecule has 0 aliphatic carbocycles. The monoisotopic (exact) mass is 843 g/mol. The number of amidine groups is 2. The van der Waals surface area contributed by atoms with Gasteiger partial charge >= 0.3 is 0 Å². The second-order valence-electron chi connectivity index (χ2n) is 17.0. The van der Waals surface area contributed by atoms with Gasteiger partial charge in [0.05, 0.1) is 22.1 Å². The van der Waals surface area contributed by atoms with Crippen molar-refractivity contribution in [3.05, 3.63) is 253 Å². The first-order valence-electron chi connectivity index (χ1n) is 22.5. The number of benzene rings is 10. The summed E-state index contributed by atoms with van der Waals surface area (Å²) in [5.74, 6) is 1.48. The van der Waals surface area contributed by atoms with Crippen LogP contribution in [0.15, 0.2) is 247 Å². The van der Waals surface area contributed by atoms with Crippen LogP contribution in [0.4, 0.5) is 0 Å². The molecule has 0 radical (unpaired) electrons.